The Labute approximate surface area is 135 Å². The van der Waals surface area contributed by atoms with Crippen LogP contribution >= 0.6 is 11.6 Å². The minimum atomic E-state index is -0.537. The molecule has 0 amide bonds. The molecule has 0 aliphatic heterocycles. The molecule has 3 rings (SSSR count). The molecule has 0 radical (unpaired) electrons. The molecule has 0 bridgehead atoms. The van der Waals surface area contributed by atoms with E-state index in [4.69, 9.17) is 11.6 Å². The number of nitrogens with zero attached hydrogens (tertiary/aromatic N) is 2. The van der Waals surface area contributed by atoms with Crippen LogP contribution in [0, 0.1) is 0 Å². The van der Waals surface area contributed by atoms with E-state index in [1.54, 1.807) is 0 Å². The van der Waals surface area contributed by atoms with Crippen molar-refractivity contribution in [3.63, 3.8) is 0 Å². The highest BCUT2D eigenvalue weighted by Gasteiger charge is 2.17. The van der Waals surface area contributed by atoms with Crippen molar-refractivity contribution < 1.29 is 5.11 Å². The summed E-state index contributed by atoms with van der Waals surface area (Å²) in [7, 11) is 0. The molecule has 0 aliphatic carbocycles. The van der Waals surface area contributed by atoms with Crippen LogP contribution in [0.2, 0.25) is 5.02 Å². The van der Waals surface area contributed by atoms with E-state index in [1.807, 2.05) is 48.5 Å². The molecule has 114 valence electrons. The van der Waals surface area contributed by atoms with Crippen LogP contribution < -0.4 is 0 Å². The van der Waals surface area contributed by atoms with E-state index in [1.165, 1.54) is 0 Å². The lowest BCUT2D eigenvalue weighted by atomic mass is 10.2. The van der Waals surface area contributed by atoms with Gasteiger partial charge in [-0.05, 0) is 36.2 Å². The van der Waals surface area contributed by atoms with Gasteiger partial charge in [-0.15, -0.1) is 0 Å². The van der Waals surface area contributed by atoms with Crippen LogP contribution in [0.3, 0.4) is 0 Å². The van der Waals surface area contributed by atoms with Gasteiger partial charge in [0, 0.05) is 11.6 Å². The highest BCUT2D eigenvalue weighted by Crippen LogP contribution is 2.25. The zero-order valence-electron chi connectivity index (χ0n) is 12.5. The minimum Gasteiger partial charge on any atom is -0.385 e. The second-order valence-corrected chi connectivity index (χ2v) is 5.91. The molecule has 3 aromatic rings. The summed E-state index contributed by atoms with van der Waals surface area (Å²) in [5.41, 5.74) is 3.10. The van der Waals surface area contributed by atoms with E-state index in [9.17, 15) is 5.11 Å². The number of aliphatic hydroxyl groups excluding tert-OH is 1. The number of imidazole rings is 1. The van der Waals surface area contributed by atoms with Gasteiger partial charge in [-0.2, -0.15) is 0 Å². The molecule has 4 heteroatoms. The zero-order valence-corrected chi connectivity index (χ0v) is 13.3. The summed E-state index contributed by atoms with van der Waals surface area (Å²) >= 11 is 5.95. The molecule has 1 atom stereocenters. The number of para-hydroxylation sites is 2. The van der Waals surface area contributed by atoms with E-state index < -0.39 is 6.10 Å². The van der Waals surface area contributed by atoms with Crippen LogP contribution in [0.1, 0.15) is 37.3 Å². The van der Waals surface area contributed by atoms with E-state index in [-0.39, 0.29) is 0 Å². The smallest absolute Gasteiger partial charge is 0.139 e. The van der Waals surface area contributed by atoms with Gasteiger partial charge in [-0.3, -0.25) is 0 Å². The molecule has 0 aliphatic rings. The SMILES string of the molecule is CCCC(O)c1nc2ccccc2n1Cc1ccc(Cl)cc1. The van der Waals surface area contributed by atoms with E-state index in [0.29, 0.717) is 13.0 Å². The number of aliphatic hydroxyl groups is 1. The van der Waals surface area contributed by atoms with Gasteiger partial charge in [0.2, 0.25) is 0 Å². The van der Waals surface area contributed by atoms with Crippen LogP contribution in [-0.4, -0.2) is 14.7 Å². The maximum absolute atomic E-state index is 10.4. The van der Waals surface area contributed by atoms with Crippen molar-refractivity contribution in [2.24, 2.45) is 0 Å². The maximum atomic E-state index is 10.4. The fourth-order valence-corrected chi connectivity index (χ4v) is 2.82. The van der Waals surface area contributed by atoms with E-state index in [0.717, 1.165) is 33.9 Å². The van der Waals surface area contributed by atoms with Gasteiger partial charge in [-0.1, -0.05) is 49.2 Å². The lowest BCUT2D eigenvalue weighted by Crippen LogP contribution is -2.10. The molecule has 22 heavy (non-hydrogen) atoms. The average Bonchev–Trinajstić information content (AvgIpc) is 2.89. The Morgan fingerprint density at radius 2 is 1.86 bits per heavy atom. The first-order chi connectivity index (χ1) is 10.7. The lowest BCUT2D eigenvalue weighted by molar-refractivity contribution is 0.153. The Hall–Kier alpha value is -1.84. The van der Waals surface area contributed by atoms with Crippen molar-refractivity contribution in [3.8, 4) is 0 Å². The standard InChI is InChI=1S/C18H19ClN2O/c1-2-5-17(22)18-20-15-6-3-4-7-16(15)21(18)12-13-8-10-14(19)11-9-13/h3-4,6-11,17,22H,2,5,12H2,1H3. The highest BCUT2D eigenvalue weighted by molar-refractivity contribution is 6.30. The second kappa shape index (κ2) is 6.51. The number of rotatable bonds is 5. The molecule has 1 unspecified atom stereocenters. The molecular formula is C18H19ClN2O. The van der Waals surface area contributed by atoms with Gasteiger partial charge in [0.05, 0.1) is 11.0 Å². The topological polar surface area (TPSA) is 38.1 Å². The Morgan fingerprint density at radius 3 is 2.59 bits per heavy atom. The molecule has 2 aromatic carbocycles. The van der Waals surface area contributed by atoms with Crippen molar-refractivity contribution in [1.82, 2.24) is 9.55 Å². The molecular weight excluding hydrogens is 296 g/mol. The van der Waals surface area contributed by atoms with E-state index >= 15 is 0 Å². The number of hydrogen-bond donors (Lipinski definition) is 1. The minimum absolute atomic E-state index is 0.537. The molecule has 1 N–H and O–H groups in total. The zero-order chi connectivity index (χ0) is 15.5. The molecule has 1 heterocycles. The predicted octanol–water partition coefficient (Wildman–Crippen LogP) is 4.57. The number of fused-ring (bicyclic) bond motifs is 1. The first-order valence-corrected chi connectivity index (χ1v) is 7.94. The predicted molar refractivity (Wildman–Crippen MR) is 90.2 cm³/mol. The molecule has 3 nitrogen and oxygen atoms in total. The van der Waals surface area contributed by atoms with Crippen LogP contribution in [0.15, 0.2) is 48.5 Å². The Bertz CT molecular complexity index is 764. The van der Waals surface area contributed by atoms with Gasteiger partial charge < -0.3 is 9.67 Å². The van der Waals surface area contributed by atoms with Crippen LogP contribution in [0.5, 0.6) is 0 Å². The third kappa shape index (κ3) is 3.01. The summed E-state index contributed by atoms with van der Waals surface area (Å²) < 4.78 is 2.10. The molecule has 0 fully saturated rings. The number of halogens is 1. The largest absolute Gasteiger partial charge is 0.385 e. The molecule has 0 spiro atoms. The van der Waals surface area contributed by atoms with Crippen LogP contribution in [-0.2, 0) is 6.54 Å². The number of aromatic nitrogens is 2. The first-order valence-electron chi connectivity index (χ1n) is 7.56. The Balaban J connectivity index is 2.05. The lowest BCUT2D eigenvalue weighted by Gasteiger charge is -2.13. The van der Waals surface area contributed by atoms with Gasteiger partial charge >= 0.3 is 0 Å². The Kier molecular flexibility index (Phi) is 4.46. The fourth-order valence-electron chi connectivity index (χ4n) is 2.69. The van der Waals surface area contributed by atoms with Gasteiger partial charge in [0.25, 0.3) is 0 Å². The fraction of sp³-hybridized carbons (Fsp3) is 0.278. The van der Waals surface area contributed by atoms with Gasteiger partial charge in [0.1, 0.15) is 11.9 Å². The van der Waals surface area contributed by atoms with Crippen molar-refractivity contribution in [3.05, 3.63) is 64.9 Å². The molecule has 1 aromatic heterocycles. The monoisotopic (exact) mass is 314 g/mol. The average molecular weight is 315 g/mol. The summed E-state index contributed by atoms with van der Waals surface area (Å²) in [6, 6.07) is 15.8. The van der Waals surface area contributed by atoms with Gasteiger partial charge in [-0.25, -0.2) is 4.98 Å². The second-order valence-electron chi connectivity index (χ2n) is 5.48. The maximum Gasteiger partial charge on any atom is 0.139 e. The van der Waals surface area contributed by atoms with Crippen LogP contribution in [0.25, 0.3) is 11.0 Å². The Morgan fingerprint density at radius 1 is 1.14 bits per heavy atom. The van der Waals surface area contributed by atoms with Crippen molar-refractivity contribution >= 4 is 22.6 Å². The quantitative estimate of drug-likeness (QED) is 0.749. The van der Waals surface area contributed by atoms with Crippen molar-refractivity contribution in [2.45, 2.75) is 32.4 Å². The van der Waals surface area contributed by atoms with E-state index in [2.05, 4.69) is 16.5 Å². The summed E-state index contributed by atoms with van der Waals surface area (Å²) in [4.78, 5) is 4.63. The van der Waals surface area contributed by atoms with Crippen molar-refractivity contribution in [1.29, 1.82) is 0 Å². The third-order valence-electron chi connectivity index (χ3n) is 3.80. The highest BCUT2D eigenvalue weighted by atomic mass is 35.5. The molecule has 0 saturated carbocycles. The first kappa shape index (κ1) is 15.1. The molecule has 0 saturated heterocycles. The third-order valence-corrected chi connectivity index (χ3v) is 4.05. The summed E-state index contributed by atoms with van der Waals surface area (Å²) in [6.45, 7) is 2.74. The van der Waals surface area contributed by atoms with Crippen LogP contribution in [0.4, 0.5) is 0 Å². The number of hydrogen-bond acceptors (Lipinski definition) is 2. The van der Waals surface area contributed by atoms with Crippen molar-refractivity contribution in [2.75, 3.05) is 0 Å². The number of benzene rings is 2. The summed E-state index contributed by atoms with van der Waals surface area (Å²) in [5, 5.41) is 11.1. The summed E-state index contributed by atoms with van der Waals surface area (Å²) in [6.07, 6.45) is 1.10. The summed E-state index contributed by atoms with van der Waals surface area (Å²) in [5.74, 6) is 0.734. The normalized spacial score (nSPS) is 12.7. The van der Waals surface area contributed by atoms with Gasteiger partial charge in [0.15, 0.2) is 0 Å².